The van der Waals surface area contributed by atoms with Crippen LogP contribution in [0.4, 0.5) is 0 Å². The number of benzene rings is 3. The summed E-state index contributed by atoms with van der Waals surface area (Å²) in [6, 6.07) is 22.9. The maximum Gasteiger partial charge on any atom is 0.224 e. The fraction of sp³-hybridized carbons (Fsp3) is 0.172. The second kappa shape index (κ2) is 12.4. The summed E-state index contributed by atoms with van der Waals surface area (Å²) in [5, 5.41) is 10.3. The Bertz CT molecular complexity index is 1050. The van der Waals surface area contributed by atoms with E-state index in [1.807, 2.05) is 111 Å². The first-order chi connectivity index (χ1) is 16.1. The number of aliphatic hydroxyl groups is 1. The fourth-order valence-electron chi connectivity index (χ4n) is 3.10. The van der Waals surface area contributed by atoms with Gasteiger partial charge in [0.05, 0.1) is 0 Å². The number of rotatable bonds is 11. The molecule has 0 fully saturated rings. The molecule has 4 nitrogen and oxygen atoms in total. The van der Waals surface area contributed by atoms with E-state index in [2.05, 4.69) is 6.58 Å². The minimum Gasteiger partial charge on any atom is -0.465 e. The summed E-state index contributed by atoms with van der Waals surface area (Å²) in [5.41, 5.74) is 3.80. The molecule has 4 heteroatoms. The van der Waals surface area contributed by atoms with Crippen LogP contribution in [0.15, 0.2) is 91.5 Å². The highest BCUT2D eigenvalue weighted by Crippen LogP contribution is 2.22. The van der Waals surface area contributed by atoms with Gasteiger partial charge in [-0.3, -0.25) is 0 Å². The SMILES string of the molecule is C=Cc1ccc(C(O)Oc2ccc(C=CC=Cc3ccc(OC(C)OCC)cc3)cc2)cc1. The molecule has 0 amide bonds. The highest BCUT2D eigenvalue weighted by Gasteiger charge is 2.08. The van der Waals surface area contributed by atoms with Crippen molar-refractivity contribution in [1.82, 2.24) is 0 Å². The average Bonchev–Trinajstić information content (AvgIpc) is 2.84. The normalized spacial score (nSPS) is 13.2. The van der Waals surface area contributed by atoms with Gasteiger partial charge in [0.2, 0.25) is 6.29 Å². The van der Waals surface area contributed by atoms with Crippen molar-refractivity contribution >= 4 is 18.2 Å². The summed E-state index contributed by atoms with van der Waals surface area (Å²) in [6.07, 6.45) is 8.47. The van der Waals surface area contributed by atoms with Gasteiger partial charge in [-0.2, -0.15) is 0 Å². The molecule has 3 rings (SSSR count). The highest BCUT2D eigenvalue weighted by atomic mass is 16.7. The molecule has 3 aromatic rings. The van der Waals surface area contributed by atoms with Crippen molar-refractivity contribution in [2.45, 2.75) is 26.4 Å². The van der Waals surface area contributed by atoms with Crippen LogP contribution in [0.5, 0.6) is 11.5 Å². The van der Waals surface area contributed by atoms with E-state index in [1.165, 1.54) is 0 Å². The lowest BCUT2D eigenvalue weighted by molar-refractivity contribution is -0.0613. The number of allylic oxidation sites excluding steroid dienone is 2. The molecule has 0 aliphatic carbocycles. The van der Waals surface area contributed by atoms with Crippen LogP contribution in [0.2, 0.25) is 0 Å². The molecule has 0 bridgehead atoms. The van der Waals surface area contributed by atoms with Crippen LogP contribution in [-0.4, -0.2) is 18.0 Å². The molecule has 0 aliphatic heterocycles. The van der Waals surface area contributed by atoms with E-state index < -0.39 is 6.29 Å². The number of ether oxygens (including phenoxy) is 3. The fourth-order valence-corrected chi connectivity index (χ4v) is 3.10. The van der Waals surface area contributed by atoms with Crippen LogP contribution >= 0.6 is 0 Å². The molecule has 3 aromatic carbocycles. The van der Waals surface area contributed by atoms with Crippen LogP contribution in [0.3, 0.4) is 0 Å². The first-order valence-electron chi connectivity index (χ1n) is 11.0. The van der Waals surface area contributed by atoms with Crippen molar-refractivity contribution < 1.29 is 19.3 Å². The zero-order chi connectivity index (χ0) is 23.5. The van der Waals surface area contributed by atoms with E-state index in [-0.39, 0.29) is 6.29 Å². The molecular weight excluding hydrogens is 412 g/mol. The maximum absolute atomic E-state index is 10.3. The zero-order valence-corrected chi connectivity index (χ0v) is 19.1. The minimum absolute atomic E-state index is 0.261. The Morgan fingerprint density at radius 1 is 0.758 bits per heavy atom. The zero-order valence-electron chi connectivity index (χ0n) is 19.1. The smallest absolute Gasteiger partial charge is 0.224 e. The van der Waals surface area contributed by atoms with Gasteiger partial charge in [0.25, 0.3) is 0 Å². The van der Waals surface area contributed by atoms with E-state index in [0.29, 0.717) is 17.9 Å². The Balaban J connectivity index is 1.50. The van der Waals surface area contributed by atoms with Gasteiger partial charge in [-0.25, -0.2) is 0 Å². The summed E-state index contributed by atoms with van der Waals surface area (Å²) < 4.78 is 16.7. The third-order valence-electron chi connectivity index (χ3n) is 4.86. The van der Waals surface area contributed by atoms with E-state index in [9.17, 15) is 5.11 Å². The Morgan fingerprint density at radius 2 is 1.24 bits per heavy atom. The van der Waals surface area contributed by atoms with Crippen LogP contribution < -0.4 is 9.47 Å². The molecule has 0 heterocycles. The quantitative estimate of drug-likeness (QED) is 0.259. The molecule has 0 saturated heterocycles. The lowest BCUT2D eigenvalue weighted by atomic mass is 10.1. The third-order valence-corrected chi connectivity index (χ3v) is 4.86. The molecule has 0 radical (unpaired) electrons. The predicted molar refractivity (Wildman–Crippen MR) is 135 cm³/mol. The van der Waals surface area contributed by atoms with Crippen molar-refractivity contribution in [3.8, 4) is 11.5 Å². The van der Waals surface area contributed by atoms with Gasteiger partial charge in [0.1, 0.15) is 11.5 Å². The maximum atomic E-state index is 10.3. The standard InChI is InChI=1S/C29H30O4/c1-4-23-10-16-26(17-11-23)29(30)33-28-20-14-25(15-21-28)9-7-6-8-24-12-18-27(19-13-24)32-22(3)31-5-2/h4,6-22,29-30H,1,5H2,2-3H3. The molecule has 33 heavy (non-hydrogen) atoms. The highest BCUT2D eigenvalue weighted by molar-refractivity contribution is 5.58. The molecule has 0 saturated carbocycles. The number of aliphatic hydroxyl groups excluding tert-OH is 1. The predicted octanol–water partition coefficient (Wildman–Crippen LogP) is 6.89. The summed E-state index contributed by atoms with van der Waals surface area (Å²) in [5.74, 6) is 1.38. The second-order valence-electron chi connectivity index (χ2n) is 7.34. The lowest BCUT2D eigenvalue weighted by Crippen LogP contribution is -2.15. The molecular formula is C29H30O4. The van der Waals surface area contributed by atoms with Gasteiger partial charge in [-0.15, -0.1) is 0 Å². The Labute approximate surface area is 196 Å². The van der Waals surface area contributed by atoms with E-state index in [4.69, 9.17) is 14.2 Å². The lowest BCUT2D eigenvalue weighted by Gasteiger charge is -2.14. The van der Waals surface area contributed by atoms with Gasteiger partial charge in [-0.05, 0) is 54.8 Å². The first-order valence-corrected chi connectivity index (χ1v) is 11.0. The van der Waals surface area contributed by atoms with Crippen molar-refractivity contribution in [3.05, 3.63) is 114 Å². The van der Waals surface area contributed by atoms with Gasteiger partial charge in [0.15, 0.2) is 6.29 Å². The number of hydrogen-bond acceptors (Lipinski definition) is 4. The van der Waals surface area contributed by atoms with Gasteiger partial charge in [-0.1, -0.05) is 85.5 Å². The molecule has 170 valence electrons. The number of hydrogen-bond donors (Lipinski definition) is 1. The van der Waals surface area contributed by atoms with Gasteiger partial charge in [0, 0.05) is 12.2 Å². The van der Waals surface area contributed by atoms with Crippen molar-refractivity contribution in [2.24, 2.45) is 0 Å². The van der Waals surface area contributed by atoms with Crippen LogP contribution in [0.25, 0.3) is 18.2 Å². The minimum atomic E-state index is -1.02. The Kier molecular flexibility index (Phi) is 9.07. The molecule has 0 aliphatic rings. The Morgan fingerprint density at radius 3 is 1.73 bits per heavy atom. The summed E-state index contributed by atoms with van der Waals surface area (Å²) in [7, 11) is 0. The van der Waals surface area contributed by atoms with Crippen molar-refractivity contribution in [1.29, 1.82) is 0 Å². The van der Waals surface area contributed by atoms with Crippen LogP contribution in [0, 0.1) is 0 Å². The largest absolute Gasteiger partial charge is 0.465 e. The molecule has 0 aromatic heterocycles. The topological polar surface area (TPSA) is 47.9 Å². The monoisotopic (exact) mass is 442 g/mol. The average molecular weight is 443 g/mol. The van der Waals surface area contributed by atoms with Crippen LogP contribution in [0.1, 0.15) is 42.4 Å². The molecule has 2 unspecified atom stereocenters. The summed E-state index contributed by atoms with van der Waals surface area (Å²) >= 11 is 0. The Hall–Kier alpha value is -3.60. The molecule has 1 N–H and O–H groups in total. The first kappa shape index (κ1) is 24.1. The van der Waals surface area contributed by atoms with Gasteiger partial charge >= 0.3 is 0 Å². The third kappa shape index (κ3) is 7.79. The van der Waals surface area contributed by atoms with E-state index in [1.54, 1.807) is 6.08 Å². The van der Waals surface area contributed by atoms with Crippen molar-refractivity contribution in [2.75, 3.05) is 6.61 Å². The van der Waals surface area contributed by atoms with Crippen LogP contribution in [-0.2, 0) is 4.74 Å². The summed E-state index contributed by atoms with van der Waals surface area (Å²) in [4.78, 5) is 0. The van der Waals surface area contributed by atoms with E-state index in [0.717, 1.165) is 22.4 Å². The van der Waals surface area contributed by atoms with Gasteiger partial charge < -0.3 is 19.3 Å². The van der Waals surface area contributed by atoms with E-state index >= 15 is 0 Å². The molecule has 0 spiro atoms. The summed E-state index contributed by atoms with van der Waals surface area (Å²) in [6.45, 7) is 8.17. The van der Waals surface area contributed by atoms with Crippen molar-refractivity contribution in [3.63, 3.8) is 0 Å². The second-order valence-corrected chi connectivity index (χ2v) is 7.34. The molecule has 2 atom stereocenters.